The predicted octanol–water partition coefficient (Wildman–Crippen LogP) is 2.52. The molecule has 1 heterocycles. The minimum Gasteiger partial charge on any atom is -0.374 e. The van der Waals surface area contributed by atoms with Gasteiger partial charge in [-0.3, -0.25) is 9.08 Å². The van der Waals surface area contributed by atoms with E-state index in [4.69, 9.17) is 4.18 Å². The first-order valence-corrected chi connectivity index (χ1v) is 9.59. The fourth-order valence-corrected chi connectivity index (χ4v) is 3.49. The van der Waals surface area contributed by atoms with Crippen LogP contribution in [0.1, 0.15) is 34.5 Å². The van der Waals surface area contributed by atoms with E-state index in [0.717, 1.165) is 28.5 Å². The standard InChI is InChI=1S/C18H21NO4S/c1-13-8-9-16-15(10-13)11-19(18(16)20)17(12-23-24(2,21)22)14-6-4-3-5-7-14/h3-10,17-18,20H,11-12H2,1-2H3. The van der Waals surface area contributed by atoms with Gasteiger partial charge in [-0.15, -0.1) is 0 Å². The molecule has 0 spiro atoms. The van der Waals surface area contributed by atoms with Gasteiger partial charge in [-0.25, -0.2) is 0 Å². The number of rotatable bonds is 5. The Kier molecular flexibility index (Phi) is 4.73. The average molecular weight is 347 g/mol. The molecular weight excluding hydrogens is 326 g/mol. The molecule has 0 saturated carbocycles. The maximum Gasteiger partial charge on any atom is 0.264 e. The third-order valence-electron chi connectivity index (χ3n) is 4.27. The number of nitrogens with zero attached hydrogens (tertiary/aromatic N) is 1. The van der Waals surface area contributed by atoms with Crippen molar-refractivity contribution in [1.29, 1.82) is 0 Å². The second-order valence-corrected chi connectivity index (χ2v) is 7.81. The molecule has 3 rings (SSSR count). The lowest BCUT2D eigenvalue weighted by atomic mass is 10.1. The SMILES string of the molecule is Cc1ccc2c(c1)CN(C(COS(C)(=O)=O)c1ccccc1)C2O. The molecule has 5 nitrogen and oxygen atoms in total. The van der Waals surface area contributed by atoms with E-state index >= 15 is 0 Å². The van der Waals surface area contributed by atoms with Crippen molar-refractivity contribution in [3.63, 3.8) is 0 Å². The number of hydrogen-bond acceptors (Lipinski definition) is 5. The second kappa shape index (κ2) is 6.64. The second-order valence-electron chi connectivity index (χ2n) is 6.16. The van der Waals surface area contributed by atoms with Gasteiger partial charge in [0.1, 0.15) is 6.23 Å². The highest BCUT2D eigenvalue weighted by Gasteiger charge is 2.35. The average Bonchev–Trinajstić information content (AvgIpc) is 2.84. The van der Waals surface area contributed by atoms with Gasteiger partial charge in [0.25, 0.3) is 10.1 Å². The molecule has 24 heavy (non-hydrogen) atoms. The fraction of sp³-hybridized carbons (Fsp3) is 0.333. The molecule has 0 aliphatic carbocycles. The number of benzene rings is 2. The molecular formula is C18H21NO4S. The van der Waals surface area contributed by atoms with Crippen molar-refractivity contribution in [3.8, 4) is 0 Å². The minimum absolute atomic E-state index is 0.0348. The Labute approximate surface area is 142 Å². The van der Waals surface area contributed by atoms with Crippen molar-refractivity contribution in [1.82, 2.24) is 4.90 Å². The highest BCUT2D eigenvalue weighted by Crippen LogP contribution is 2.38. The summed E-state index contributed by atoms with van der Waals surface area (Å²) in [4.78, 5) is 1.87. The van der Waals surface area contributed by atoms with Gasteiger partial charge < -0.3 is 5.11 Å². The normalized spacial score (nSPS) is 19.2. The summed E-state index contributed by atoms with van der Waals surface area (Å²) in [6.45, 7) is 2.52. The Morgan fingerprint density at radius 1 is 1.25 bits per heavy atom. The molecule has 2 atom stereocenters. The number of aliphatic hydroxyl groups excluding tert-OH is 1. The minimum atomic E-state index is -3.56. The summed E-state index contributed by atoms with van der Waals surface area (Å²) in [6.07, 6.45) is 0.252. The monoisotopic (exact) mass is 347 g/mol. The molecule has 1 N–H and O–H groups in total. The summed E-state index contributed by atoms with van der Waals surface area (Å²) in [5, 5.41) is 10.7. The van der Waals surface area contributed by atoms with Crippen LogP contribution in [-0.4, -0.2) is 31.3 Å². The third-order valence-corrected chi connectivity index (χ3v) is 4.83. The topological polar surface area (TPSA) is 66.8 Å². The van der Waals surface area contributed by atoms with Crippen LogP contribution in [0.25, 0.3) is 0 Å². The number of aryl methyl sites for hydroxylation is 1. The molecule has 2 unspecified atom stereocenters. The maximum atomic E-state index is 11.4. The summed E-state index contributed by atoms with van der Waals surface area (Å²) >= 11 is 0. The van der Waals surface area contributed by atoms with Crippen LogP contribution in [0.3, 0.4) is 0 Å². The maximum absolute atomic E-state index is 11.4. The largest absolute Gasteiger partial charge is 0.374 e. The van der Waals surface area contributed by atoms with Crippen LogP contribution in [0.4, 0.5) is 0 Å². The van der Waals surface area contributed by atoms with Gasteiger partial charge in [0.2, 0.25) is 0 Å². The van der Waals surface area contributed by atoms with Gasteiger partial charge in [-0.2, -0.15) is 8.42 Å². The highest BCUT2D eigenvalue weighted by atomic mass is 32.2. The van der Waals surface area contributed by atoms with Crippen molar-refractivity contribution >= 4 is 10.1 Å². The Balaban J connectivity index is 1.92. The van der Waals surface area contributed by atoms with E-state index in [1.165, 1.54) is 0 Å². The number of aliphatic hydroxyl groups is 1. The first-order valence-electron chi connectivity index (χ1n) is 7.78. The molecule has 1 aliphatic heterocycles. The van der Waals surface area contributed by atoms with Crippen LogP contribution in [0.2, 0.25) is 0 Å². The predicted molar refractivity (Wildman–Crippen MR) is 91.7 cm³/mol. The quantitative estimate of drug-likeness (QED) is 0.842. The van der Waals surface area contributed by atoms with Crippen LogP contribution in [0.5, 0.6) is 0 Å². The zero-order valence-corrected chi connectivity index (χ0v) is 14.5. The Morgan fingerprint density at radius 2 is 1.96 bits per heavy atom. The number of fused-ring (bicyclic) bond motifs is 1. The zero-order chi connectivity index (χ0) is 17.3. The summed E-state index contributed by atoms with van der Waals surface area (Å²) in [7, 11) is -3.56. The Morgan fingerprint density at radius 3 is 2.62 bits per heavy atom. The van der Waals surface area contributed by atoms with Crippen LogP contribution >= 0.6 is 0 Å². The van der Waals surface area contributed by atoms with Crippen molar-refractivity contribution in [2.45, 2.75) is 25.7 Å². The molecule has 1 aliphatic rings. The lowest BCUT2D eigenvalue weighted by molar-refractivity contribution is -0.0296. The molecule has 0 saturated heterocycles. The van der Waals surface area contributed by atoms with Crippen molar-refractivity contribution < 1.29 is 17.7 Å². The van der Waals surface area contributed by atoms with Crippen molar-refractivity contribution in [2.24, 2.45) is 0 Å². The van der Waals surface area contributed by atoms with Gasteiger partial charge in [-0.05, 0) is 23.6 Å². The summed E-state index contributed by atoms with van der Waals surface area (Å²) in [5.74, 6) is 0. The summed E-state index contributed by atoms with van der Waals surface area (Å²) in [6, 6.07) is 15.1. The number of hydrogen-bond donors (Lipinski definition) is 1. The molecule has 0 amide bonds. The summed E-state index contributed by atoms with van der Waals surface area (Å²) in [5.41, 5.74) is 3.96. The van der Waals surface area contributed by atoms with E-state index in [1.807, 2.05) is 54.3 Å². The first-order chi connectivity index (χ1) is 11.3. The van der Waals surface area contributed by atoms with Crippen molar-refractivity contribution in [2.75, 3.05) is 12.9 Å². The van der Waals surface area contributed by atoms with E-state index < -0.39 is 16.3 Å². The van der Waals surface area contributed by atoms with E-state index in [0.29, 0.717) is 6.54 Å². The fourth-order valence-electron chi connectivity index (χ4n) is 3.11. The molecule has 0 fully saturated rings. The molecule has 6 heteroatoms. The molecule has 0 bridgehead atoms. The van der Waals surface area contributed by atoms with Gasteiger partial charge >= 0.3 is 0 Å². The lowest BCUT2D eigenvalue weighted by Gasteiger charge is -2.30. The molecule has 2 aromatic carbocycles. The van der Waals surface area contributed by atoms with Crippen LogP contribution in [-0.2, 0) is 20.8 Å². The first kappa shape index (κ1) is 17.1. The van der Waals surface area contributed by atoms with Crippen LogP contribution in [0.15, 0.2) is 48.5 Å². The van der Waals surface area contributed by atoms with Gasteiger partial charge in [0.15, 0.2) is 0 Å². The molecule has 128 valence electrons. The third kappa shape index (κ3) is 3.67. The molecule has 0 radical (unpaired) electrons. The lowest BCUT2D eigenvalue weighted by Crippen LogP contribution is -2.31. The van der Waals surface area contributed by atoms with Gasteiger partial charge in [0, 0.05) is 6.54 Å². The smallest absolute Gasteiger partial charge is 0.264 e. The van der Waals surface area contributed by atoms with Gasteiger partial charge in [0.05, 0.1) is 18.9 Å². The van der Waals surface area contributed by atoms with E-state index in [-0.39, 0.29) is 12.6 Å². The summed E-state index contributed by atoms with van der Waals surface area (Å²) < 4.78 is 27.9. The van der Waals surface area contributed by atoms with Crippen LogP contribution < -0.4 is 0 Å². The Hall–Kier alpha value is -1.73. The van der Waals surface area contributed by atoms with E-state index in [9.17, 15) is 13.5 Å². The van der Waals surface area contributed by atoms with Gasteiger partial charge in [-0.1, -0.05) is 54.1 Å². The highest BCUT2D eigenvalue weighted by molar-refractivity contribution is 7.85. The zero-order valence-electron chi connectivity index (χ0n) is 13.7. The Bertz CT molecular complexity index is 820. The molecule has 2 aromatic rings. The van der Waals surface area contributed by atoms with Crippen LogP contribution in [0, 0.1) is 6.92 Å². The van der Waals surface area contributed by atoms with Crippen molar-refractivity contribution in [3.05, 3.63) is 70.8 Å². The van der Waals surface area contributed by atoms with E-state index in [2.05, 4.69) is 6.07 Å². The molecule has 0 aromatic heterocycles. The van der Waals surface area contributed by atoms with E-state index in [1.54, 1.807) is 0 Å².